The molecule has 1 unspecified atom stereocenters. The minimum Gasteiger partial charge on any atom is -0.384 e. The van der Waals surface area contributed by atoms with Gasteiger partial charge in [-0.25, -0.2) is 14.2 Å². The van der Waals surface area contributed by atoms with Crippen molar-refractivity contribution in [2.24, 2.45) is 14.1 Å². The van der Waals surface area contributed by atoms with Crippen LogP contribution < -0.4 is 22.5 Å². The van der Waals surface area contributed by atoms with E-state index in [0.29, 0.717) is 21.3 Å². The summed E-state index contributed by atoms with van der Waals surface area (Å²) in [6.07, 6.45) is 0. The molecule has 0 aliphatic heterocycles. The fourth-order valence-corrected chi connectivity index (χ4v) is 5.81. The largest absolute Gasteiger partial charge is 0.384 e. The molecule has 0 aliphatic carbocycles. The van der Waals surface area contributed by atoms with Crippen molar-refractivity contribution in [3.8, 4) is 11.1 Å². The zero-order valence-corrected chi connectivity index (χ0v) is 22.1. The van der Waals surface area contributed by atoms with Crippen LogP contribution in [0.25, 0.3) is 21.3 Å². The summed E-state index contributed by atoms with van der Waals surface area (Å²) >= 11 is 2.26. The SMILES string of the molecule is COCCn1c(SC(C)C(=O)c2c(N)n(C)c(=O)n(C)c2=O)nc2scc(-c3ccc(F)cc3)c2c1=O. The third kappa shape index (κ3) is 4.77. The lowest BCUT2D eigenvalue weighted by Crippen LogP contribution is -2.42. The maximum atomic E-state index is 13.6. The van der Waals surface area contributed by atoms with E-state index in [1.807, 2.05) is 0 Å². The first-order chi connectivity index (χ1) is 17.6. The molecule has 4 aromatic rings. The number of benzene rings is 1. The fourth-order valence-electron chi connectivity index (χ4n) is 3.82. The van der Waals surface area contributed by atoms with Crippen LogP contribution in [0, 0.1) is 5.82 Å². The molecule has 194 valence electrons. The van der Waals surface area contributed by atoms with Crippen LogP contribution in [0.4, 0.5) is 10.2 Å². The van der Waals surface area contributed by atoms with Crippen LogP contribution >= 0.6 is 23.1 Å². The Kier molecular flexibility index (Phi) is 7.48. The van der Waals surface area contributed by atoms with Gasteiger partial charge in [-0.2, -0.15) is 0 Å². The van der Waals surface area contributed by atoms with Gasteiger partial charge < -0.3 is 10.5 Å². The second-order valence-electron chi connectivity index (χ2n) is 8.27. The van der Waals surface area contributed by atoms with E-state index in [4.69, 9.17) is 10.5 Å². The summed E-state index contributed by atoms with van der Waals surface area (Å²) in [6.45, 7) is 1.96. The third-order valence-corrected chi connectivity index (χ3v) is 7.90. The Morgan fingerprint density at radius 1 is 1.16 bits per heavy atom. The van der Waals surface area contributed by atoms with Crippen molar-refractivity contribution < 1.29 is 13.9 Å². The number of Topliss-reactive ketones (excluding diaryl/α,β-unsaturated/α-hetero) is 1. The third-order valence-electron chi connectivity index (χ3n) is 5.94. The number of methoxy groups -OCH3 is 1. The summed E-state index contributed by atoms with van der Waals surface area (Å²) in [6, 6.07) is 5.83. The number of carbonyl (C=O) groups is 1. The van der Waals surface area contributed by atoms with E-state index in [2.05, 4.69) is 4.98 Å². The Morgan fingerprint density at radius 3 is 2.49 bits per heavy atom. The lowest BCUT2D eigenvalue weighted by Gasteiger charge is -2.16. The molecule has 4 rings (SSSR count). The van der Waals surface area contributed by atoms with Crippen LogP contribution in [-0.2, 0) is 25.4 Å². The maximum absolute atomic E-state index is 13.6. The standard InChI is InChI=1S/C24H24FN5O5S2/c1-12(18(31)17-19(26)28(2)24(34)29(3)21(17)32)37-23-27-20-16(22(33)30(23)9-10-35-4)15(11-36-20)13-5-7-14(25)8-6-13/h5-8,11-12H,9-10,26H2,1-4H3. The summed E-state index contributed by atoms with van der Waals surface area (Å²) in [4.78, 5) is 56.8. The molecule has 0 spiro atoms. The fraction of sp³-hybridized carbons (Fsp3) is 0.292. The second-order valence-corrected chi connectivity index (χ2v) is 10.4. The number of halogens is 1. The molecule has 1 atom stereocenters. The predicted molar refractivity (Wildman–Crippen MR) is 142 cm³/mol. The average Bonchev–Trinajstić information content (AvgIpc) is 3.30. The average molecular weight is 546 g/mol. The molecule has 37 heavy (non-hydrogen) atoms. The van der Waals surface area contributed by atoms with E-state index >= 15 is 0 Å². The summed E-state index contributed by atoms with van der Waals surface area (Å²) in [5.41, 5.74) is 5.20. The molecule has 13 heteroatoms. The Bertz CT molecular complexity index is 1690. The Morgan fingerprint density at radius 2 is 1.84 bits per heavy atom. The summed E-state index contributed by atoms with van der Waals surface area (Å²) in [7, 11) is 4.15. The van der Waals surface area contributed by atoms with Crippen LogP contribution in [0.5, 0.6) is 0 Å². The number of ether oxygens (including phenoxy) is 1. The van der Waals surface area contributed by atoms with Crippen molar-refractivity contribution in [3.05, 3.63) is 72.2 Å². The number of hydrogen-bond acceptors (Lipinski definition) is 9. The molecule has 0 radical (unpaired) electrons. The highest BCUT2D eigenvalue weighted by Crippen LogP contribution is 2.33. The Labute approximate surface area is 218 Å². The summed E-state index contributed by atoms with van der Waals surface area (Å²) in [5, 5.41) is 1.57. The molecular formula is C24H24FN5O5S2. The number of nitrogen functional groups attached to an aromatic ring is 1. The van der Waals surface area contributed by atoms with Gasteiger partial charge in [0, 0.05) is 32.1 Å². The van der Waals surface area contributed by atoms with Crippen LogP contribution in [0.1, 0.15) is 17.3 Å². The number of nitrogens with zero attached hydrogens (tertiary/aromatic N) is 4. The lowest BCUT2D eigenvalue weighted by molar-refractivity contribution is 0.0992. The zero-order valence-electron chi connectivity index (χ0n) is 20.5. The van der Waals surface area contributed by atoms with E-state index in [1.165, 1.54) is 49.2 Å². The highest BCUT2D eigenvalue weighted by Gasteiger charge is 2.27. The molecule has 0 saturated heterocycles. The van der Waals surface area contributed by atoms with Gasteiger partial charge in [0.1, 0.15) is 22.0 Å². The normalized spacial score (nSPS) is 12.2. The van der Waals surface area contributed by atoms with Gasteiger partial charge in [-0.05, 0) is 24.6 Å². The molecule has 0 fully saturated rings. The molecule has 0 aliphatic rings. The monoisotopic (exact) mass is 545 g/mol. The smallest absolute Gasteiger partial charge is 0.332 e. The van der Waals surface area contributed by atoms with Crippen molar-refractivity contribution in [3.63, 3.8) is 0 Å². The number of thioether (sulfide) groups is 1. The van der Waals surface area contributed by atoms with Gasteiger partial charge in [-0.1, -0.05) is 23.9 Å². The van der Waals surface area contributed by atoms with Gasteiger partial charge in [-0.3, -0.25) is 28.1 Å². The van der Waals surface area contributed by atoms with E-state index in [-0.39, 0.29) is 41.1 Å². The van der Waals surface area contributed by atoms with E-state index < -0.39 is 22.3 Å². The lowest BCUT2D eigenvalue weighted by atomic mass is 10.1. The molecule has 0 saturated carbocycles. The number of fused-ring (bicyclic) bond motifs is 1. The molecule has 10 nitrogen and oxygen atoms in total. The van der Waals surface area contributed by atoms with E-state index in [0.717, 1.165) is 20.9 Å². The van der Waals surface area contributed by atoms with Crippen molar-refractivity contribution >= 4 is 44.9 Å². The van der Waals surface area contributed by atoms with Crippen LogP contribution in [-0.4, -0.2) is 43.4 Å². The van der Waals surface area contributed by atoms with Crippen LogP contribution in [0.2, 0.25) is 0 Å². The van der Waals surface area contributed by atoms with Gasteiger partial charge in [-0.15, -0.1) is 11.3 Å². The van der Waals surface area contributed by atoms with Crippen molar-refractivity contribution in [2.45, 2.75) is 23.9 Å². The number of rotatable bonds is 8. The van der Waals surface area contributed by atoms with Crippen LogP contribution in [0.3, 0.4) is 0 Å². The summed E-state index contributed by atoms with van der Waals surface area (Å²) < 4.78 is 21.9. The van der Waals surface area contributed by atoms with Crippen molar-refractivity contribution in [1.29, 1.82) is 0 Å². The first-order valence-corrected chi connectivity index (χ1v) is 12.9. The van der Waals surface area contributed by atoms with Crippen LogP contribution in [0.15, 0.2) is 49.2 Å². The maximum Gasteiger partial charge on any atom is 0.332 e. The molecule has 1 aromatic carbocycles. The molecule has 0 bridgehead atoms. The van der Waals surface area contributed by atoms with Crippen molar-refractivity contribution in [2.75, 3.05) is 19.5 Å². The molecule has 3 heterocycles. The molecule has 2 N–H and O–H groups in total. The molecule has 3 aromatic heterocycles. The van der Waals surface area contributed by atoms with Crippen molar-refractivity contribution in [1.82, 2.24) is 18.7 Å². The second kappa shape index (κ2) is 10.4. The number of thiophene rings is 1. The van der Waals surface area contributed by atoms with Gasteiger partial charge in [0.2, 0.25) is 0 Å². The summed E-state index contributed by atoms with van der Waals surface area (Å²) in [5.74, 6) is -1.21. The minimum atomic E-state index is -0.859. The van der Waals surface area contributed by atoms with Gasteiger partial charge in [0.05, 0.1) is 23.8 Å². The quantitative estimate of drug-likeness (QED) is 0.203. The number of ketones is 1. The van der Waals surface area contributed by atoms with E-state index in [1.54, 1.807) is 24.4 Å². The molecular weight excluding hydrogens is 521 g/mol. The number of carbonyl (C=O) groups excluding carboxylic acids is 1. The minimum absolute atomic E-state index is 0.171. The first kappa shape index (κ1) is 26.5. The van der Waals surface area contributed by atoms with Gasteiger partial charge in [0.25, 0.3) is 11.1 Å². The zero-order chi connectivity index (χ0) is 27.0. The number of anilines is 1. The topological polar surface area (TPSA) is 131 Å². The first-order valence-electron chi connectivity index (χ1n) is 11.1. The van der Waals surface area contributed by atoms with E-state index in [9.17, 15) is 23.6 Å². The Hall–Kier alpha value is -3.55. The highest BCUT2D eigenvalue weighted by molar-refractivity contribution is 8.00. The number of nitrogens with two attached hydrogens (primary N) is 1. The number of aromatic nitrogens is 4. The predicted octanol–water partition coefficient (Wildman–Crippen LogP) is 2.25. The van der Waals surface area contributed by atoms with Gasteiger partial charge in [0.15, 0.2) is 10.9 Å². The highest BCUT2D eigenvalue weighted by atomic mass is 32.2. The van der Waals surface area contributed by atoms with Gasteiger partial charge >= 0.3 is 5.69 Å². The molecule has 0 amide bonds. The Balaban J connectivity index is 1.79. The number of hydrogen-bond donors (Lipinski definition) is 1.